The van der Waals surface area contributed by atoms with Gasteiger partial charge in [-0.15, -0.1) is 0 Å². The zero-order valence-electron chi connectivity index (χ0n) is 17.1. The Hall–Kier alpha value is -3.55. The summed E-state index contributed by atoms with van der Waals surface area (Å²) >= 11 is 0. The van der Waals surface area contributed by atoms with Crippen molar-refractivity contribution in [2.75, 3.05) is 13.1 Å². The quantitative estimate of drug-likeness (QED) is 0.603. The molecule has 0 radical (unpaired) electrons. The molecule has 3 aromatic rings. The summed E-state index contributed by atoms with van der Waals surface area (Å²) in [6.45, 7) is 2.54. The van der Waals surface area contributed by atoms with Crippen molar-refractivity contribution in [2.24, 2.45) is 5.92 Å². The van der Waals surface area contributed by atoms with Crippen LogP contribution in [-0.4, -0.2) is 39.3 Å². The summed E-state index contributed by atoms with van der Waals surface area (Å²) in [6.07, 6.45) is 2.98. The number of carbonyl (C=O) groups is 2. The molecule has 0 saturated carbocycles. The van der Waals surface area contributed by atoms with Crippen LogP contribution in [0.25, 0.3) is 5.65 Å². The summed E-state index contributed by atoms with van der Waals surface area (Å²) in [5, 5.41) is 0. The van der Waals surface area contributed by atoms with Crippen molar-refractivity contribution in [1.82, 2.24) is 14.3 Å². The van der Waals surface area contributed by atoms with E-state index >= 15 is 0 Å². The van der Waals surface area contributed by atoms with Gasteiger partial charge in [0.25, 0.3) is 11.5 Å². The van der Waals surface area contributed by atoms with Gasteiger partial charge < -0.3 is 9.64 Å². The Kier molecular flexibility index (Phi) is 5.79. The normalized spacial score (nSPS) is 16.3. The number of hydrogen-bond donors (Lipinski definition) is 0. The topological polar surface area (TPSA) is 81.0 Å². The zero-order chi connectivity index (χ0) is 22.0. The van der Waals surface area contributed by atoms with Crippen molar-refractivity contribution in [3.05, 3.63) is 81.7 Å². The van der Waals surface area contributed by atoms with Gasteiger partial charge in [-0.1, -0.05) is 6.07 Å². The maximum atomic E-state index is 13.1. The Morgan fingerprint density at radius 3 is 2.74 bits per heavy atom. The Balaban J connectivity index is 1.40. The van der Waals surface area contributed by atoms with Crippen LogP contribution in [0, 0.1) is 18.7 Å². The number of rotatable bonds is 4. The third-order valence-corrected chi connectivity index (χ3v) is 5.36. The number of esters is 1. The molecule has 1 fully saturated rings. The van der Waals surface area contributed by atoms with Gasteiger partial charge in [0.05, 0.1) is 11.6 Å². The largest absolute Gasteiger partial charge is 0.459 e. The number of pyridine rings is 1. The summed E-state index contributed by atoms with van der Waals surface area (Å²) in [7, 11) is 0. The fraction of sp³-hybridized carbons (Fsp3) is 0.304. The van der Waals surface area contributed by atoms with E-state index in [0.717, 1.165) is 5.56 Å². The van der Waals surface area contributed by atoms with Gasteiger partial charge in [0.1, 0.15) is 18.1 Å². The summed E-state index contributed by atoms with van der Waals surface area (Å²) in [6, 6.07) is 10.3. The van der Waals surface area contributed by atoms with Crippen molar-refractivity contribution < 1.29 is 18.7 Å². The highest BCUT2D eigenvalue weighted by molar-refractivity contribution is 5.94. The van der Waals surface area contributed by atoms with Gasteiger partial charge in [-0.25, -0.2) is 9.37 Å². The van der Waals surface area contributed by atoms with Gasteiger partial charge in [0, 0.05) is 30.9 Å². The summed E-state index contributed by atoms with van der Waals surface area (Å²) < 4.78 is 20.0. The predicted octanol–water partition coefficient (Wildman–Crippen LogP) is 2.74. The summed E-state index contributed by atoms with van der Waals surface area (Å²) in [4.78, 5) is 43.5. The van der Waals surface area contributed by atoms with Crippen LogP contribution in [0.15, 0.2) is 53.5 Å². The van der Waals surface area contributed by atoms with Crippen molar-refractivity contribution in [2.45, 2.75) is 26.4 Å². The Morgan fingerprint density at radius 2 is 1.97 bits per heavy atom. The average molecular weight is 423 g/mol. The highest BCUT2D eigenvalue weighted by Crippen LogP contribution is 2.20. The number of aromatic nitrogens is 2. The van der Waals surface area contributed by atoms with E-state index in [2.05, 4.69) is 4.98 Å². The Morgan fingerprint density at radius 1 is 1.19 bits per heavy atom. The fourth-order valence-corrected chi connectivity index (χ4v) is 3.72. The molecule has 0 aliphatic carbocycles. The van der Waals surface area contributed by atoms with Gasteiger partial charge in [-0.05, 0) is 55.7 Å². The number of carbonyl (C=O) groups excluding carboxylic acids is 2. The highest BCUT2D eigenvalue weighted by Gasteiger charge is 2.30. The van der Waals surface area contributed by atoms with Crippen LogP contribution in [0.3, 0.4) is 0 Å². The maximum absolute atomic E-state index is 13.1. The Labute approximate surface area is 178 Å². The minimum atomic E-state index is -0.456. The first kappa shape index (κ1) is 20.7. The third kappa shape index (κ3) is 4.63. The highest BCUT2D eigenvalue weighted by atomic mass is 19.1. The first-order valence-electron chi connectivity index (χ1n) is 10.1. The van der Waals surface area contributed by atoms with Gasteiger partial charge in [0.2, 0.25) is 0 Å². The second-order valence-electron chi connectivity index (χ2n) is 7.73. The number of benzene rings is 1. The van der Waals surface area contributed by atoms with E-state index in [1.807, 2.05) is 13.0 Å². The number of ether oxygens (including phenoxy) is 1. The first-order chi connectivity index (χ1) is 14.9. The molecule has 1 saturated heterocycles. The minimum absolute atomic E-state index is 0.110. The number of likely N-dealkylation sites (tertiary alicyclic amines) is 1. The van der Waals surface area contributed by atoms with E-state index in [1.165, 1.54) is 34.7 Å². The third-order valence-electron chi connectivity index (χ3n) is 5.36. The molecule has 0 bridgehead atoms. The molecule has 8 heteroatoms. The second-order valence-corrected chi connectivity index (χ2v) is 7.73. The van der Waals surface area contributed by atoms with E-state index in [4.69, 9.17) is 4.74 Å². The molecule has 1 aromatic carbocycles. The maximum Gasteiger partial charge on any atom is 0.311 e. The van der Waals surface area contributed by atoms with Crippen LogP contribution in [0.1, 0.15) is 34.5 Å². The van der Waals surface area contributed by atoms with Gasteiger partial charge in [-0.2, -0.15) is 0 Å². The summed E-state index contributed by atoms with van der Waals surface area (Å²) in [5.41, 5.74) is 1.93. The van der Waals surface area contributed by atoms with Gasteiger partial charge in [0.15, 0.2) is 0 Å². The number of nitrogens with zero attached hydrogens (tertiary/aromatic N) is 3. The van der Waals surface area contributed by atoms with Crippen molar-refractivity contribution in [3.63, 3.8) is 0 Å². The lowest BCUT2D eigenvalue weighted by atomic mass is 9.97. The number of hydrogen-bond acceptors (Lipinski definition) is 5. The summed E-state index contributed by atoms with van der Waals surface area (Å²) in [5.74, 6) is -1.53. The second kappa shape index (κ2) is 8.67. The Bertz CT molecular complexity index is 1190. The average Bonchev–Trinajstić information content (AvgIpc) is 2.78. The monoisotopic (exact) mass is 423 g/mol. The van der Waals surface area contributed by atoms with Crippen LogP contribution >= 0.6 is 0 Å². The molecule has 0 spiro atoms. The SMILES string of the molecule is Cc1ccc2nc(COC(=O)[C@@H]3CCCN(C(=O)c4ccc(F)cc4)C3)cc(=O)n2c1. The van der Waals surface area contributed by atoms with Crippen LogP contribution < -0.4 is 5.56 Å². The van der Waals surface area contributed by atoms with Crippen molar-refractivity contribution in [3.8, 4) is 0 Å². The molecule has 3 heterocycles. The van der Waals surface area contributed by atoms with E-state index < -0.39 is 17.7 Å². The number of piperidine rings is 1. The molecule has 1 atom stereocenters. The molecule has 0 unspecified atom stereocenters. The van der Waals surface area contributed by atoms with Crippen molar-refractivity contribution >= 4 is 17.5 Å². The smallest absolute Gasteiger partial charge is 0.311 e. The van der Waals surface area contributed by atoms with Gasteiger partial charge >= 0.3 is 5.97 Å². The molecule has 31 heavy (non-hydrogen) atoms. The molecule has 4 rings (SSSR count). The molecule has 1 aliphatic rings. The zero-order valence-corrected chi connectivity index (χ0v) is 17.1. The van der Waals surface area contributed by atoms with E-state index in [-0.39, 0.29) is 24.6 Å². The van der Waals surface area contributed by atoms with E-state index in [1.54, 1.807) is 17.2 Å². The lowest BCUT2D eigenvalue weighted by Gasteiger charge is -2.31. The predicted molar refractivity (Wildman–Crippen MR) is 111 cm³/mol. The molecule has 1 amide bonds. The van der Waals surface area contributed by atoms with E-state index in [9.17, 15) is 18.8 Å². The lowest BCUT2D eigenvalue weighted by molar-refractivity contribution is -0.151. The number of amides is 1. The molecule has 7 nitrogen and oxygen atoms in total. The van der Waals surface area contributed by atoms with E-state index in [0.29, 0.717) is 36.3 Å². The first-order valence-corrected chi connectivity index (χ1v) is 10.1. The molecular formula is C23H22FN3O4. The molecule has 1 aliphatic heterocycles. The number of aryl methyl sites for hydroxylation is 1. The van der Waals surface area contributed by atoms with Crippen LogP contribution in [0.2, 0.25) is 0 Å². The standard InChI is InChI=1S/C23H22FN3O4/c1-15-4-9-20-25-19(11-21(28)27(20)12-15)14-31-23(30)17-3-2-10-26(13-17)22(29)16-5-7-18(24)8-6-16/h4-9,11-12,17H,2-3,10,13-14H2,1H3/t17-/m1/s1. The van der Waals surface area contributed by atoms with Crippen molar-refractivity contribution in [1.29, 1.82) is 0 Å². The van der Waals surface area contributed by atoms with Crippen LogP contribution in [0.5, 0.6) is 0 Å². The number of fused-ring (bicyclic) bond motifs is 1. The van der Waals surface area contributed by atoms with Crippen LogP contribution in [0.4, 0.5) is 4.39 Å². The molecule has 2 aromatic heterocycles. The van der Waals surface area contributed by atoms with Crippen LogP contribution in [-0.2, 0) is 16.1 Å². The molecular weight excluding hydrogens is 401 g/mol. The van der Waals surface area contributed by atoms with Gasteiger partial charge in [-0.3, -0.25) is 18.8 Å². The minimum Gasteiger partial charge on any atom is -0.459 e. The number of halogens is 1. The molecule has 0 N–H and O–H groups in total. The molecule has 160 valence electrons. The fourth-order valence-electron chi connectivity index (χ4n) is 3.72. The lowest BCUT2D eigenvalue weighted by Crippen LogP contribution is -2.42.